The first-order chi connectivity index (χ1) is 8.61. The molecule has 0 aliphatic carbocycles. The molecule has 5 heteroatoms. The van der Waals surface area contributed by atoms with Crippen LogP contribution in [0.4, 0.5) is 5.69 Å². The number of halogens is 1. The van der Waals surface area contributed by atoms with Gasteiger partial charge in [0, 0.05) is 17.3 Å². The van der Waals surface area contributed by atoms with Crippen LogP contribution in [0, 0.1) is 5.92 Å². The standard InChI is InChI=1S/C13H19ClN2O2/c1-10(5-6-17)8-15-9-13(18)16-12-4-2-3-11(14)7-12/h2-4,7,10,15,17H,5-6,8-9H2,1H3,(H,16,18). The van der Waals surface area contributed by atoms with Crippen LogP contribution in [-0.2, 0) is 4.79 Å². The van der Waals surface area contributed by atoms with E-state index in [4.69, 9.17) is 16.7 Å². The molecule has 100 valence electrons. The summed E-state index contributed by atoms with van der Waals surface area (Å²) in [6.45, 7) is 3.17. The number of hydrogen-bond donors (Lipinski definition) is 3. The molecule has 18 heavy (non-hydrogen) atoms. The molecule has 1 atom stereocenters. The molecule has 0 aliphatic heterocycles. The number of hydrogen-bond acceptors (Lipinski definition) is 3. The molecule has 0 bridgehead atoms. The van der Waals surface area contributed by atoms with Crippen LogP contribution < -0.4 is 10.6 Å². The molecular weight excluding hydrogens is 252 g/mol. The Kier molecular flexibility index (Phi) is 6.72. The molecule has 0 radical (unpaired) electrons. The van der Waals surface area contributed by atoms with Gasteiger partial charge in [-0.2, -0.15) is 0 Å². The van der Waals surface area contributed by atoms with Gasteiger partial charge in [-0.05, 0) is 37.1 Å². The predicted molar refractivity (Wildman–Crippen MR) is 73.8 cm³/mol. The molecule has 0 aliphatic rings. The summed E-state index contributed by atoms with van der Waals surface area (Å²) < 4.78 is 0. The summed E-state index contributed by atoms with van der Waals surface area (Å²) in [4.78, 5) is 11.6. The van der Waals surface area contributed by atoms with Gasteiger partial charge in [0.1, 0.15) is 0 Å². The maximum absolute atomic E-state index is 11.6. The zero-order valence-corrected chi connectivity index (χ0v) is 11.2. The molecule has 1 aromatic carbocycles. The van der Waals surface area contributed by atoms with Crippen LogP contribution in [0.1, 0.15) is 13.3 Å². The van der Waals surface area contributed by atoms with Crippen molar-refractivity contribution in [2.75, 3.05) is 25.0 Å². The molecular formula is C13H19ClN2O2. The van der Waals surface area contributed by atoms with Crippen LogP contribution in [0.5, 0.6) is 0 Å². The second kappa shape index (κ2) is 8.08. The second-order valence-corrected chi connectivity index (χ2v) is 4.74. The van der Waals surface area contributed by atoms with Gasteiger partial charge in [-0.1, -0.05) is 24.6 Å². The number of nitrogens with one attached hydrogen (secondary N) is 2. The zero-order chi connectivity index (χ0) is 13.4. The van der Waals surface area contributed by atoms with Gasteiger partial charge >= 0.3 is 0 Å². The lowest BCUT2D eigenvalue weighted by atomic mass is 10.1. The molecule has 0 spiro atoms. The van der Waals surface area contributed by atoms with Gasteiger partial charge in [-0.25, -0.2) is 0 Å². The third kappa shape index (κ3) is 6.00. The Morgan fingerprint density at radius 3 is 2.94 bits per heavy atom. The highest BCUT2D eigenvalue weighted by atomic mass is 35.5. The van der Waals surface area contributed by atoms with E-state index in [1.54, 1.807) is 24.3 Å². The Morgan fingerprint density at radius 2 is 2.28 bits per heavy atom. The van der Waals surface area contributed by atoms with E-state index in [0.29, 0.717) is 23.2 Å². The minimum absolute atomic E-state index is 0.103. The van der Waals surface area contributed by atoms with Gasteiger partial charge in [0.15, 0.2) is 0 Å². The lowest BCUT2D eigenvalue weighted by Crippen LogP contribution is -2.31. The van der Waals surface area contributed by atoms with Crippen molar-refractivity contribution in [3.05, 3.63) is 29.3 Å². The monoisotopic (exact) mass is 270 g/mol. The minimum Gasteiger partial charge on any atom is -0.396 e. The average Bonchev–Trinajstić information content (AvgIpc) is 2.29. The number of aliphatic hydroxyl groups excluding tert-OH is 1. The number of carbonyl (C=O) groups excluding carboxylic acids is 1. The van der Waals surface area contributed by atoms with E-state index >= 15 is 0 Å². The molecule has 0 saturated carbocycles. The molecule has 0 aromatic heterocycles. The van der Waals surface area contributed by atoms with E-state index in [-0.39, 0.29) is 19.1 Å². The van der Waals surface area contributed by atoms with Gasteiger partial charge < -0.3 is 15.7 Å². The van der Waals surface area contributed by atoms with Gasteiger partial charge in [0.25, 0.3) is 0 Å². The summed E-state index contributed by atoms with van der Waals surface area (Å²) in [5.41, 5.74) is 0.692. The van der Waals surface area contributed by atoms with Gasteiger partial charge in [-0.3, -0.25) is 4.79 Å². The average molecular weight is 271 g/mol. The van der Waals surface area contributed by atoms with Crippen molar-refractivity contribution < 1.29 is 9.90 Å². The van der Waals surface area contributed by atoms with Crippen LogP contribution in [0.2, 0.25) is 5.02 Å². The first kappa shape index (κ1) is 15.0. The Bertz CT molecular complexity index is 385. The topological polar surface area (TPSA) is 61.4 Å². The Hall–Kier alpha value is -1.10. The van der Waals surface area contributed by atoms with Gasteiger partial charge in [-0.15, -0.1) is 0 Å². The van der Waals surface area contributed by atoms with E-state index in [0.717, 1.165) is 6.42 Å². The van der Waals surface area contributed by atoms with Crippen molar-refractivity contribution in [3.8, 4) is 0 Å². The highest BCUT2D eigenvalue weighted by Gasteiger charge is 2.04. The summed E-state index contributed by atoms with van der Waals surface area (Å²) in [7, 11) is 0. The van der Waals surface area contributed by atoms with E-state index in [9.17, 15) is 4.79 Å². The minimum atomic E-state index is -0.103. The van der Waals surface area contributed by atoms with Crippen molar-refractivity contribution in [2.24, 2.45) is 5.92 Å². The van der Waals surface area contributed by atoms with Crippen molar-refractivity contribution >= 4 is 23.2 Å². The highest BCUT2D eigenvalue weighted by molar-refractivity contribution is 6.30. The summed E-state index contributed by atoms with van der Waals surface area (Å²) in [5.74, 6) is 0.252. The fourth-order valence-corrected chi connectivity index (χ4v) is 1.72. The summed E-state index contributed by atoms with van der Waals surface area (Å²) >= 11 is 5.82. The first-order valence-corrected chi connectivity index (χ1v) is 6.36. The Balaban J connectivity index is 2.25. The first-order valence-electron chi connectivity index (χ1n) is 5.99. The molecule has 0 heterocycles. The maximum atomic E-state index is 11.6. The van der Waals surface area contributed by atoms with Crippen LogP contribution in [-0.4, -0.2) is 30.7 Å². The lowest BCUT2D eigenvalue weighted by Gasteiger charge is -2.11. The normalized spacial score (nSPS) is 12.2. The second-order valence-electron chi connectivity index (χ2n) is 4.31. The van der Waals surface area contributed by atoms with Crippen molar-refractivity contribution in [3.63, 3.8) is 0 Å². The van der Waals surface area contributed by atoms with Crippen LogP contribution in [0.25, 0.3) is 0 Å². The highest BCUT2D eigenvalue weighted by Crippen LogP contribution is 2.14. The smallest absolute Gasteiger partial charge is 0.238 e. The van der Waals surface area contributed by atoms with Crippen molar-refractivity contribution in [1.29, 1.82) is 0 Å². The van der Waals surface area contributed by atoms with E-state index in [2.05, 4.69) is 10.6 Å². The number of aliphatic hydroxyl groups is 1. The van der Waals surface area contributed by atoms with Crippen LogP contribution in [0.15, 0.2) is 24.3 Å². The molecule has 1 unspecified atom stereocenters. The summed E-state index contributed by atoms with van der Waals surface area (Å²) in [6, 6.07) is 7.03. The molecule has 1 amide bonds. The van der Waals surface area contributed by atoms with Crippen molar-refractivity contribution in [2.45, 2.75) is 13.3 Å². The molecule has 1 rings (SSSR count). The molecule has 0 saturated heterocycles. The quantitative estimate of drug-likeness (QED) is 0.709. The number of anilines is 1. The summed E-state index contributed by atoms with van der Waals surface area (Å²) in [5, 5.41) is 15.1. The van der Waals surface area contributed by atoms with Gasteiger partial charge in [0.2, 0.25) is 5.91 Å². The number of benzene rings is 1. The van der Waals surface area contributed by atoms with E-state index in [1.165, 1.54) is 0 Å². The third-order valence-corrected chi connectivity index (χ3v) is 2.74. The fourth-order valence-electron chi connectivity index (χ4n) is 1.53. The zero-order valence-electron chi connectivity index (χ0n) is 10.4. The van der Waals surface area contributed by atoms with Crippen LogP contribution in [0.3, 0.4) is 0 Å². The molecule has 1 aromatic rings. The Labute approximate surface area is 112 Å². The lowest BCUT2D eigenvalue weighted by molar-refractivity contribution is -0.115. The number of rotatable bonds is 7. The molecule has 0 fully saturated rings. The molecule has 3 N–H and O–H groups in total. The largest absolute Gasteiger partial charge is 0.396 e. The van der Waals surface area contributed by atoms with Gasteiger partial charge in [0.05, 0.1) is 6.54 Å². The van der Waals surface area contributed by atoms with E-state index < -0.39 is 0 Å². The number of amides is 1. The van der Waals surface area contributed by atoms with Crippen LogP contribution >= 0.6 is 11.6 Å². The SMILES string of the molecule is CC(CCO)CNCC(=O)Nc1cccc(Cl)c1. The predicted octanol–water partition coefficient (Wildman–Crippen LogP) is 1.89. The van der Waals surface area contributed by atoms with E-state index in [1.807, 2.05) is 6.92 Å². The third-order valence-electron chi connectivity index (χ3n) is 2.51. The number of carbonyl (C=O) groups is 1. The summed E-state index contributed by atoms with van der Waals surface area (Å²) in [6.07, 6.45) is 0.739. The molecule has 4 nitrogen and oxygen atoms in total. The Morgan fingerprint density at radius 1 is 1.50 bits per heavy atom. The maximum Gasteiger partial charge on any atom is 0.238 e. The fraction of sp³-hybridized carbons (Fsp3) is 0.462. The van der Waals surface area contributed by atoms with Crippen molar-refractivity contribution in [1.82, 2.24) is 5.32 Å².